The summed E-state index contributed by atoms with van der Waals surface area (Å²) in [7, 11) is 0. The van der Waals surface area contributed by atoms with Gasteiger partial charge in [-0.05, 0) is 42.9 Å². The number of amides is 1. The van der Waals surface area contributed by atoms with Crippen molar-refractivity contribution in [2.75, 3.05) is 4.90 Å². The highest BCUT2D eigenvalue weighted by Gasteiger charge is 2.54. The molecule has 3 aliphatic rings. The Labute approximate surface area is 195 Å². The van der Waals surface area contributed by atoms with E-state index in [1.807, 2.05) is 0 Å². The molecule has 1 saturated carbocycles. The van der Waals surface area contributed by atoms with E-state index in [4.69, 9.17) is 16.3 Å². The molecule has 1 aliphatic carbocycles. The van der Waals surface area contributed by atoms with Crippen LogP contribution in [0.15, 0.2) is 35.6 Å². The molecule has 0 saturated heterocycles. The van der Waals surface area contributed by atoms with Gasteiger partial charge in [0.2, 0.25) is 5.13 Å². The number of aromatic hydroxyl groups is 1. The van der Waals surface area contributed by atoms with Crippen molar-refractivity contribution in [3.8, 4) is 5.75 Å². The van der Waals surface area contributed by atoms with Crippen LogP contribution >= 0.6 is 22.9 Å². The van der Waals surface area contributed by atoms with Crippen molar-refractivity contribution in [1.82, 2.24) is 10.2 Å². The number of ether oxygens (including phenoxy) is 1. The lowest BCUT2D eigenvalue weighted by Crippen LogP contribution is -2.41. The average Bonchev–Trinajstić information content (AvgIpc) is 3.30. The van der Waals surface area contributed by atoms with Crippen LogP contribution in [0.4, 0.5) is 5.13 Å². The Morgan fingerprint density at radius 2 is 2.09 bits per heavy atom. The Bertz CT molecular complexity index is 1110. The van der Waals surface area contributed by atoms with Crippen LogP contribution in [0.25, 0.3) is 0 Å². The molecule has 3 heterocycles. The third-order valence-corrected chi connectivity index (χ3v) is 7.56. The fraction of sp³-hybridized carbons (Fsp3) is 0.478. The first kappa shape index (κ1) is 21.4. The fourth-order valence-electron chi connectivity index (χ4n) is 4.80. The molecule has 32 heavy (non-hydrogen) atoms. The highest BCUT2D eigenvalue weighted by Crippen LogP contribution is 2.49. The lowest BCUT2D eigenvalue weighted by atomic mass is 9.77. The van der Waals surface area contributed by atoms with E-state index in [-0.39, 0.29) is 40.6 Å². The first-order chi connectivity index (χ1) is 15.3. The van der Waals surface area contributed by atoms with E-state index < -0.39 is 6.04 Å². The minimum absolute atomic E-state index is 0.0576. The number of fused-ring (bicyclic) bond motifs is 1. The van der Waals surface area contributed by atoms with E-state index in [0.29, 0.717) is 35.0 Å². The van der Waals surface area contributed by atoms with Crippen molar-refractivity contribution in [3.05, 3.63) is 46.2 Å². The van der Waals surface area contributed by atoms with Gasteiger partial charge in [0.05, 0.1) is 17.5 Å². The van der Waals surface area contributed by atoms with Gasteiger partial charge in [-0.3, -0.25) is 14.5 Å². The predicted octanol–water partition coefficient (Wildman–Crippen LogP) is 4.16. The normalized spacial score (nSPS) is 27.6. The summed E-state index contributed by atoms with van der Waals surface area (Å²) in [6, 6.07) is 5.89. The van der Waals surface area contributed by atoms with E-state index in [2.05, 4.69) is 24.0 Å². The quantitative estimate of drug-likeness (QED) is 0.670. The molecule has 4 atom stereocenters. The number of anilines is 1. The van der Waals surface area contributed by atoms with E-state index in [9.17, 15) is 14.7 Å². The number of phenols is 1. The molecule has 0 spiro atoms. The molecule has 1 aromatic heterocycles. The average molecular weight is 474 g/mol. The van der Waals surface area contributed by atoms with Crippen LogP contribution < -0.4 is 4.90 Å². The molecule has 7 nitrogen and oxygen atoms in total. The second kappa shape index (κ2) is 8.15. The molecule has 0 bridgehead atoms. The number of carbonyl (C=O) groups is 2. The fourth-order valence-corrected chi connectivity index (χ4v) is 6.19. The van der Waals surface area contributed by atoms with Gasteiger partial charge in [-0.15, -0.1) is 21.8 Å². The van der Waals surface area contributed by atoms with Crippen molar-refractivity contribution in [1.29, 1.82) is 0 Å². The van der Waals surface area contributed by atoms with Gasteiger partial charge in [-0.2, -0.15) is 0 Å². The zero-order valence-corrected chi connectivity index (χ0v) is 19.4. The number of ketones is 1. The highest BCUT2D eigenvalue weighted by atomic mass is 35.5. The Hall–Kier alpha value is -2.45. The summed E-state index contributed by atoms with van der Waals surface area (Å²) in [5.74, 6) is -0.308. The molecule has 168 valence electrons. The first-order valence-corrected chi connectivity index (χ1v) is 12.1. The second-order valence-electron chi connectivity index (χ2n) is 9.03. The lowest BCUT2D eigenvalue weighted by Gasteiger charge is -2.37. The number of alkyl halides is 1. The molecule has 2 aliphatic heterocycles. The van der Waals surface area contributed by atoms with Crippen LogP contribution in [0.5, 0.6) is 5.75 Å². The van der Waals surface area contributed by atoms with E-state index in [1.54, 1.807) is 24.3 Å². The first-order valence-electron chi connectivity index (χ1n) is 10.9. The van der Waals surface area contributed by atoms with E-state index in [0.717, 1.165) is 17.8 Å². The van der Waals surface area contributed by atoms with Gasteiger partial charge in [0.1, 0.15) is 16.9 Å². The maximum Gasteiger partial charge on any atom is 0.296 e. The predicted molar refractivity (Wildman–Crippen MR) is 121 cm³/mol. The molecular formula is C23H24ClN3O4S. The maximum absolute atomic E-state index is 13.7. The standard InChI is InChI=1S/C23H24ClN3O4S/c1-11(2)8-17-25-26-23(32-17)27-19(12-4-3-5-14(28)9-12)18-20(29)15-10-13(24)6-7-16(15)31-21(18)22(27)30/h3-5,9,11,13,15-16,19,28H,6-8,10H2,1-2H3. The van der Waals surface area contributed by atoms with Crippen LogP contribution in [0, 0.1) is 11.8 Å². The lowest BCUT2D eigenvalue weighted by molar-refractivity contribution is -0.131. The van der Waals surface area contributed by atoms with Gasteiger partial charge in [0.15, 0.2) is 11.5 Å². The molecule has 1 amide bonds. The van der Waals surface area contributed by atoms with Crippen molar-refractivity contribution in [3.63, 3.8) is 0 Å². The van der Waals surface area contributed by atoms with Crippen molar-refractivity contribution in [2.45, 2.75) is 57.1 Å². The maximum atomic E-state index is 13.7. The number of aromatic nitrogens is 2. The molecule has 5 rings (SSSR count). The summed E-state index contributed by atoms with van der Waals surface area (Å²) < 4.78 is 6.15. The SMILES string of the molecule is CC(C)Cc1nnc(N2C(=O)C3=C(C(=O)C4CC(Cl)CCC4O3)C2c2cccc(O)c2)s1. The second-order valence-corrected chi connectivity index (χ2v) is 10.7. The molecule has 1 fully saturated rings. The summed E-state index contributed by atoms with van der Waals surface area (Å²) >= 11 is 7.71. The van der Waals surface area contributed by atoms with Crippen LogP contribution in [-0.4, -0.2) is 38.5 Å². The molecule has 1 N–H and O–H groups in total. The van der Waals surface area contributed by atoms with Gasteiger partial charge >= 0.3 is 0 Å². The van der Waals surface area contributed by atoms with Gasteiger partial charge in [-0.25, -0.2) is 0 Å². The van der Waals surface area contributed by atoms with Gasteiger partial charge in [0.25, 0.3) is 5.91 Å². The topological polar surface area (TPSA) is 92.6 Å². The van der Waals surface area contributed by atoms with Crippen molar-refractivity contribution in [2.24, 2.45) is 11.8 Å². The van der Waals surface area contributed by atoms with Crippen molar-refractivity contribution >= 4 is 39.8 Å². The number of benzene rings is 1. The van der Waals surface area contributed by atoms with Crippen molar-refractivity contribution < 1.29 is 19.4 Å². The third kappa shape index (κ3) is 3.59. The van der Waals surface area contributed by atoms with E-state index >= 15 is 0 Å². The van der Waals surface area contributed by atoms with Gasteiger partial charge in [-0.1, -0.05) is 37.3 Å². The van der Waals surface area contributed by atoms with Gasteiger partial charge < -0.3 is 9.84 Å². The smallest absolute Gasteiger partial charge is 0.296 e. The number of nitrogens with zero attached hydrogens (tertiary/aromatic N) is 3. The number of rotatable bonds is 4. The Morgan fingerprint density at radius 3 is 2.84 bits per heavy atom. The third-order valence-electron chi connectivity index (χ3n) is 6.21. The monoisotopic (exact) mass is 473 g/mol. The zero-order chi connectivity index (χ0) is 22.6. The molecule has 4 unspecified atom stereocenters. The summed E-state index contributed by atoms with van der Waals surface area (Å²) in [5, 5.41) is 19.8. The number of hydrogen-bond acceptors (Lipinski definition) is 7. The molecular weight excluding hydrogens is 450 g/mol. The minimum atomic E-state index is -0.728. The number of hydrogen-bond donors (Lipinski definition) is 1. The summed E-state index contributed by atoms with van der Waals surface area (Å²) in [5.41, 5.74) is 0.950. The van der Waals surface area contributed by atoms with Crippen LogP contribution in [0.3, 0.4) is 0 Å². The number of Topliss-reactive ketones (excluding diaryl/α,β-unsaturated/α-hetero) is 1. The van der Waals surface area contributed by atoms with Crippen LogP contribution in [0.2, 0.25) is 0 Å². The van der Waals surface area contributed by atoms with Gasteiger partial charge in [0, 0.05) is 11.8 Å². The number of phenolic OH excluding ortho intramolecular Hbond substituents is 1. The Balaban J connectivity index is 1.60. The Kier molecular flexibility index (Phi) is 5.45. The number of halogens is 1. The highest BCUT2D eigenvalue weighted by molar-refractivity contribution is 7.15. The van der Waals surface area contributed by atoms with Crippen LogP contribution in [0.1, 0.15) is 49.7 Å². The van der Waals surface area contributed by atoms with E-state index in [1.165, 1.54) is 16.2 Å². The zero-order valence-electron chi connectivity index (χ0n) is 17.8. The summed E-state index contributed by atoms with van der Waals surface area (Å²) in [6.45, 7) is 4.19. The molecule has 1 aromatic carbocycles. The summed E-state index contributed by atoms with van der Waals surface area (Å²) in [6.07, 6.45) is 2.33. The Morgan fingerprint density at radius 1 is 1.28 bits per heavy atom. The minimum Gasteiger partial charge on any atom is -0.508 e. The van der Waals surface area contributed by atoms with Crippen LogP contribution in [-0.2, 0) is 20.7 Å². The molecule has 9 heteroatoms. The molecule has 0 radical (unpaired) electrons. The summed E-state index contributed by atoms with van der Waals surface area (Å²) in [4.78, 5) is 28.7. The largest absolute Gasteiger partial charge is 0.508 e. The molecule has 2 aromatic rings. The number of carbonyl (C=O) groups excluding carboxylic acids is 2.